The third kappa shape index (κ3) is 3.13. The average Bonchev–Trinajstić information content (AvgIpc) is 3.23. The number of nitrogens with one attached hydrogen (secondary N) is 1. The van der Waals surface area contributed by atoms with E-state index in [0.29, 0.717) is 21.5 Å². The fourth-order valence-electron chi connectivity index (χ4n) is 2.78. The first-order valence-corrected chi connectivity index (χ1v) is 9.37. The molecule has 2 aromatic heterocycles. The molecule has 7 heteroatoms. The second-order valence-electron chi connectivity index (χ2n) is 5.83. The molecule has 1 N–H and O–H groups in total. The number of nitrogens with zero attached hydrogens (tertiary/aromatic N) is 3. The predicted molar refractivity (Wildman–Crippen MR) is 105 cm³/mol. The zero-order valence-electron chi connectivity index (χ0n) is 13.9. The molecule has 4 aromatic rings. The van der Waals surface area contributed by atoms with Crippen LogP contribution in [-0.4, -0.2) is 31.3 Å². The van der Waals surface area contributed by atoms with Crippen LogP contribution in [0.3, 0.4) is 0 Å². The van der Waals surface area contributed by atoms with Crippen LogP contribution in [-0.2, 0) is 7.05 Å². The first-order valence-electron chi connectivity index (χ1n) is 8.01. The molecule has 0 aliphatic rings. The van der Waals surface area contributed by atoms with Gasteiger partial charge in [0, 0.05) is 40.3 Å². The highest BCUT2D eigenvalue weighted by Gasteiger charge is 2.16. The summed E-state index contributed by atoms with van der Waals surface area (Å²) in [4.78, 5) is 15.6. The molecule has 130 valence electrons. The predicted octanol–water partition coefficient (Wildman–Crippen LogP) is 4.59. The lowest BCUT2D eigenvalue weighted by molar-refractivity contribution is 0.102. The Labute approximate surface area is 159 Å². The van der Waals surface area contributed by atoms with Gasteiger partial charge < -0.3 is 9.55 Å². The number of hydrogen-bond donors (Lipinski definition) is 1. The summed E-state index contributed by atoms with van der Waals surface area (Å²) in [7, 11) is 1.91. The van der Waals surface area contributed by atoms with Crippen molar-refractivity contribution in [2.75, 3.05) is 5.75 Å². The minimum Gasteiger partial charge on any atom is -0.360 e. The number of hydrogen-bond acceptors (Lipinski definition) is 4. The molecule has 0 saturated heterocycles. The number of fused-ring (bicyclic) bond motifs is 1. The van der Waals surface area contributed by atoms with Crippen LogP contribution in [0.4, 0.5) is 0 Å². The Morgan fingerprint density at radius 3 is 2.73 bits per heavy atom. The summed E-state index contributed by atoms with van der Waals surface area (Å²) in [5, 5.41) is 11.0. The Balaban J connectivity index is 1.54. The summed E-state index contributed by atoms with van der Waals surface area (Å²) in [6, 6.07) is 15.0. The molecular formula is C19H15ClN4OS. The first kappa shape index (κ1) is 16.9. The van der Waals surface area contributed by atoms with Crippen LogP contribution in [0.2, 0.25) is 5.02 Å². The Morgan fingerprint density at radius 2 is 1.92 bits per heavy atom. The fourth-order valence-corrected chi connectivity index (χ4v) is 3.71. The van der Waals surface area contributed by atoms with E-state index >= 15 is 0 Å². The van der Waals surface area contributed by atoms with Gasteiger partial charge in [0.1, 0.15) is 0 Å². The lowest BCUT2D eigenvalue weighted by atomic mass is 10.1. The van der Waals surface area contributed by atoms with Crippen molar-refractivity contribution in [3.63, 3.8) is 0 Å². The van der Waals surface area contributed by atoms with Crippen molar-refractivity contribution in [3.8, 4) is 11.4 Å². The summed E-state index contributed by atoms with van der Waals surface area (Å²) < 4.78 is 1.91. The molecule has 0 fully saturated rings. The van der Waals surface area contributed by atoms with Gasteiger partial charge in [-0.25, -0.2) is 0 Å². The molecule has 0 radical (unpaired) electrons. The van der Waals surface area contributed by atoms with Crippen LogP contribution in [0.15, 0.2) is 59.9 Å². The summed E-state index contributed by atoms with van der Waals surface area (Å²) in [6.45, 7) is 0. The molecule has 0 atom stereocenters. The Bertz CT molecular complexity index is 1080. The number of carbonyl (C=O) groups excluding carboxylic acids is 1. The number of thioether (sulfide) groups is 1. The molecular weight excluding hydrogens is 368 g/mol. The molecule has 0 amide bonds. The number of para-hydroxylation sites is 1. The number of carbonyl (C=O) groups is 1. The summed E-state index contributed by atoms with van der Waals surface area (Å²) in [5.41, 5.74) is 2.69. The second kappa shape index (κ2) is 6.97. The molecule has 4 rings (SSSR count). The zero-order valence-corrected chi connectivity index (χ0v) is 15.5. The number of rotatable bonds is 5. The standard InChI is InChI=1S/C19H15ClN4OS/c1-24-18(15-10-21-16-5-3-2-4-14(15)16)22-23-19(24)26-11-17(25)12-6-8-13(20)9-7-12/h2-10,21H,11H2,1H3. The quantitative estimate of drug-likeness (QED) is 0.405. The van der Waals surface area contributed by atoms with Crippen LogP contribution >= 0.6 is 23.4 Å². The van der Waals surface area contributed by atoms with Gasteiger partial charge in [0.05, 0.1) is 5.75 Å². The molecule has 2 heterocycles. The minimum absolute atomic E-state index is 0.0308. The number of ketones is 1. The molecule has 2 aromatic carbocycles. The van der Waals surface area contributed by atoms with Crippen molar-refractivity contribution in [1.82, 2.24) is 19.7 Å². The smallest absolute Gasteiger partial charge is 0.191 e. The highest BCUT2D eigenvalue weighted by Crippen LogP contribution is 2.29. The van der Waals surface area contributed by atoms with Gasteiger partial charge >= 0.3 is 0 Å². The number of halogens is 1. The normalized spacial score (nSPS) is 11.2. The summed E-state index contributed by atoms with van der Waals surface area (Å²) in [6.07, 6.45) is 1.93. The van der Waals surface area contributed by atoms with Crippen LogP contribution in [0.5, 0.6) is 0 Å². The first-order chi connectivity index (χ1) is 12.6. The van der Waals surface area contributed by atoms with E-state index in [0.717, 1.165) is 22.3 Å². The zero-order chi connectivity index (χ0) is 18.1. The third-order valence-corrected chi connectivity index (χ3v) is 5.44. The van der Waals surface area contributed by atoms with Gasteiger partial charge in [-0.2, -0.15) is 0 Å². The van der Waals surface area contributed by atoms with E-state index in [9.17, 15) is 4.79 Å². The van der Waals surface area contributed by atoms with Crippen LogP contribution < -0.4 is 0 Å². The molecule has 0 saturated carbocycles. The molecule has 5 nitrogen and oxygen atoms in total. The van der Waals surface area contributed by atoms with Crippen molar-refractivity contribution < 1.29 is 4.79 Å². The highest BCUT2D eigenvalue weighted by atomic mass is 35.5. The van der Waals surface area contributed by atoms with E-state index in [-0.39, 0.29) is 5.78 Å². The van der Waals surface area contributed by atoms with Crippen molar-refractivity contribution in [2.24, 2.45) is 7.05 Å². The highest BCUT2D eigenvalue weighted by molar-refractivity contribution is 7.99. The van der Waals surface area contributed by atoms with E-state index in [1.54, 1.807) is 24.3 Å². The maximum Gasteiger partial charge on any atom is 0.191 e. The van der Waals surface area contributed by atoms with E-state index in [2.05, 4.69) is 15.2 Å². The Kier molecular flexibility index (Phi) is 4.53. The summed E-state index contributed by atoms with van der Waals surface area (Å²) in [5.74, 6) is 1.09. The number of benzene rings is 2. The molecule has 0 aliphatic carbocycles. The van der Waals surface area contributed by atoms with Crippen LogP contribution in [0.25, 0.3) is 22.3 Å². The van der Waals surface area contributed by atoms with Crippen molar-refractivity contribution in [2.45, 2.75) is 5.16 Å². The molecule has 0 spiro atoms. The van der Waals surface area contributed by atoms with Crippen molar-refractivity contribution in [1.29, 1.82) is 0 Å². The number of Topliss-reactive ketones (excluding diaryl/α,β-unsaturated/α-hetero) is 1. The van der Waals surface area contributed by atoms with Crippen LogP contribution in [0, 0.1) is 0 Å². The van der Waals surface area contributed by atoms with Gasteiger partial charge in [-0.05, 0) is 30.3 Å². The van der Waals surface area contributed by atoms with E-state index in [1.807, 2.05) is 42.1 Å². The maximum absolute atomic E-state index is 12.3. The monoisotopic (exact) mass is 382 g/mol. The topological polar surface area (TPSA) is 63.6 Å². The van der Waals surface area contributed by atoms with Crippen molar-refractivity contribution in [3.05, 3.63) is 65.3 Å². The molecule has 0 bridgehead atoms. The van der Waals surface area contributed by atoms with Gasteiger partial charge in [0.25, 0.3) is 0 Å². The minimum atomic E-state index is 0.0308. The van der Waals surface area contributed by atoms with Gasteiger partial charge in [0.15, 0.2) is 16.8 Å². The number of H-pyrrole nitrogens is 1. The van der Waals surface area contributed by atoms with E-state index < -0.39 is 0 Å². The Hall–Kier alpha value is -2.57. The van der Waals surface area contributed by atoms with Gasteiger partial charge in [-0.3, -0.25) is 4.79 Å². The van der Waals surface area contributed by atoms with Gasteiger partial charge in [-0.1, -0.05) is 41.6 Å². The van der Waals surface area contributed by atoms with E-state index in [4.69, 9.17) is 11.6 Å². The van der Waals surface area contributed by atoms with Crippen LogP contribution in [0.1, 0.15) is 10.4 Å². The van der Waals surface area contributed by atoms with E-state index in [1.165, 1.54) is 11.8 Å². The third-order valence-electron chi connectivity index (χ3n) is 4.16. The lowest BCUT2D eigenvalue weighted by Gasteiger charge is -2.03. The van der Waals surface area contributed by atoms with Gasteiger partial charge in [-0.15, -0.1) is 10.2 Å². The van der Waals surface area contributed by atoms with Crippen molar-refractivity contribution >= 4 is 40.0 Å². The average molecular weight is 383 g/mol. The second-order valence-corrected chi connectivity index (χ2v) is 7.21. The number of aromatic nitrogens is 4. The molecule has 0 unspecified atom stereocenters. The Morgan fingerprint density at radius 1 is 1.15 bits per heavy atom. The fraction of sp³-hybridized carbons (Fsp3) is 0.105. The molecule has 26 heavy (non-hydrogen) atoms. The SMILES string of the molecule is Cn1c(SCC(=O)c2ccc(Cl)cc2)nnc1-c1c[nH]c2ccccc12. The van der Waals surface area contributed by atoms with Gasteiger partial charge in [0.2, 0.25) is 0 Å². The lowest BCUT2D eigenvalue weighted by Crippen LogP contribution is -2.03. The summed E-state index contributed by atoms with van der Waals surface area (Å²) >= 11 is 7.24. The largest absolute Gasteiger partial charge is 0.360 e. The molecule has 0 aliphatic heterocycles. The number of aromatic amines is 1. The maximum atomic E-state index is 12.3.